The fraction of sp³-hybridized carbons (Fsp3) is 0.308. The Morgan fingerprint density at radius 2 is 1.95 bits per heavy atom. The Labute approximate surface area is 125 Å². The molecule has 120 valence electrons. The highest BCUT2D eigenvalue weighted by Crippen LogP contribution is 2.35. The summed E-state index contributed by atoms with van der Waals surface area (Å²) in [5.74, 6) is 0.449. The highest BCUT2D eigenvalue weighted by molar-refractivity contribution is 7.46. The lowest BCUT2D eigenvalue weighted by Gasteiger charge is -2.12. The van der Waals surface area contributed by atoms with Crippen LogP contribution in [0.5, 0.6) is 5.75 Å². The molecule has 0 aliphatic rings. The van der Waals surface area contributed by atoms with Crippen molar-refractivity contribution < 1.29 is 33.1 Å². The maximum Gasteiger partial charge on any atom is 0.469 e. The van der Waals surface area contributed by atoms with E-state index in [2.05, 4.69) is 4.52 Å². The molecule has 8 nitrogen and oxygen atoms in total. The summed E-state index contributed by atoms with van der Waals surface area (Å²) in [5, 5.41) is 10.2. The average molecular weight is 330 g/mol. The first kappa shape index (κ1) is 16.7. The van der Waals surface area contributed by atoms with Crippen LogP contribution in [0.3, 0.4) is 0 Å². The number of rotatable bonds is 7. The summed E-state index contributed by atoms with van der Waals surface area (Å²) in [6.07, 6.45) is -0.942. The molecule has 0 radical (unpaired) electrons. The zero-order valence-corrected chi connectivity index (χ0v) is 12.3. The van der Waals surface area contributed by atoms with Gasteiger partial charge in [0.15, 0.2) is 0 Å². The van der Waals surface area contributed by atoms with Gasteiger partial charge in [-0.3, -0.25) is 4.52 Å². The number of benzene rings is 1. The fourth-order valence-electron chi connectivity index (χ4n) is 1.71. The Bertz CT molecular complexity index is 734. The molecule has 0 amide bonds. The third kappa shape index (κ3) is 5.25. The number of fused-ring (bicyclic) bond motifs is 1. The molecule has 2 rings (SSSR count). The molecule has 2 aromatic rings. The molecule has 0 aliphatic carbocycles. The van der Waals surface area contributed by atoms with Gasteiger partial charge in [0, 0.05) is 23.9 Å². The van der Waals surface area contributed by atoms with Gasteiger partial charge >= 0.3 is 13.4 Å². The van der Waals surface area contributed by atoms with Crippen LogP contribution in [-0.2, 0) is 9.09 Å². The Kier molecular flexibility index (Phi) is 5.33. The Balaban J connectivity index is 1.86. The van der Waals surface area contributed by atoms with Crippen LogP contribution in [0.25, 0.3) is 11.0 Å². The number of phosphoric acid groups is 1. The minimum absolute atomic E-state index is 0.105. The Morgan fingerprint density at radius 1 is 1.23 bits per heavy atom. The molecule has 0 fully saturated rings. The lowest BCUT2D eigenvalue weighted by molar-refractivity contribution is 0.0686. The molecule has 0 aliphatic heterocycles. The molecular weight excluding hydrogens is 315 g/mol. The summed E-state index contributed by atoms with van der Waals surface area (Å²) in [4.78, 5) is 28.1. The van der Waals surface area contributed by atoms with Crippen LogP contribution in [0.4, 0.5) is 0 Å². The zero-order chi connectivity index (χ0) is 16.2. The number of aliphatic hydroxyl groups is 1. The molecule has 1 heterocycles. The van der Waals surface area contributed by atoms with Crippen molar-refractivity contribution in [3.63, 3.8) is 0 Å². The van der Waals surface area contributed by atoms with Crippen LogP contribution in [0.15, 0.2) is 39.5 Å². The molecule has 1 unspecified atom stereocenters. The van der Waals surface area contributed by atoms with E-state index in [0.717, 1.165) is 5.39 Å². The highest BCUT2D eigenvalue weighted by atomic mass is 31.2. The van der Waals surface area contributed by atoms with Crippen LogP contribution in [0, 0.1) is 0 Å². The monoisotopic (exact) mass is 330 g/mol. The quantitative estimate of drug-likeness (QED) is 0.507. The topological polar surface area (TPSA) is 126 Å². The average Bonchev–Trinajstić information content (AvgIpc) is 2.44. The normalized spacial score (nSPS) is 13.2. The zero-order valence-electron chi connectivity index (χ0n) is 11.4. The summed E-state index contributed by atoms with van der Waals surface area (Å²) in [7, 11) is -4.58. The number of phosphoric ester groups is 1. The molecule has 1 aromatic heterocycles. The van der Waals surface area contributed by atoms with Crippen molar-refractivity contribution in [2.45, 2.75) is 12.5 Å². The van der Waals surface area contributed by atoms with E-state index in [1.807, 2.05) is 0 Å². The first-order valence-corrected chi connectivity index (χ1v) is 7.91. The highest BCUT2D eigenvalue weighted by Gasteiger charge is 2.16. The SMILES string of the molecule is O=c1ccc2ccc(OCCC(O)COP(=O)(O)O)cc2o1. The standard InChI is InChI=1S/C13H15O8P/c14-10(8-20-22(16,17)18)5-6-19-11-3-1-9-2-4-13(15)21-12(9)7-11/h1-4,7,10,14H,5-6,8H2,(H2,16,17,18). The number of hydrogen-bond acceptors (Lipinski definition) is 6. The lowest BCUT2D eigenvalue weighted by atomic mass is 10.2. The summed E-state index contributed by atoms with van der Waals surface area (Å²) in [6.45, 7) is -0.380. The van der Waals surface area contributed by atoms with E-state index in [9.17, 15) is 14.5 Å². The Hall–Kier alpha value is -1.70. The number of hydrogen-bond donors (Lipinski definition) is 3. The van der Waals surface area contributed by atoms with E-state index in [1.165, 1.54) is 6.07 Å². The summed E-state index contributed by atoms with van der Waals surface area (Å²) < 4.78 is 25.1. The van der Waals surface area contributed by atoms with Crippen molar-refractivity contribution in [1.29, 1.82) is 0 Å². The van der Waals surface area contributed by atoms with Gasteiger partial charge in [-0.25, -0.2) is 9.36 Å². The van der Waals surface area contributed by atoms with Gasteiger partial charge in [0.2, 0.25) is 0 Å². The first-order chi connectivity index (χ1) is 10.3. The van der Waals surface area contributed by atoms with Crippen molar-refractivity contribution in [1.82, 2.24) is 0 Å². The van der Waals surface area contributed by atoms with Crippen LogP contribution < -0.4 is 10.4 Å². The molecule has 1 atom stereocenters. The van der Waals surface area contributed by atoms with E-state index in [1.54, 1.807) is 24.3 Å². The van der Waals surface area contributed by atoms with Gasteiger partial charge in [-0.05, 0) is 18.2 Å². The van der Waals surface area contributed by atoms with Crippen molar-refractivity contribution in [2.75, 3.05) is 13.2 Å². The number of aliphatic hydroxyl groups excluding tert-OH is 1. The molecule has 0 saturated carbocycles. The second-order valence-electron chi connectivity index (χ2n) is 4.53. The Morgan fingerprint density at radius 3 is 2.68 bits per heavy atom. The van der Waals surface area contributed by atoms with Gasteiger partial charge in [0.25, 0.3) is 0 Å². The summed E-state index contributed by atoms with van der Waals surface area (Å²) in [6, 6.07) is 7.91. The van der Waals surface area contributed by atoms with Crippen molar-refractivity contribution in [3.05, 3.63) is 40.8 Å². The van der Waals surface area contributed by atoms with Gasteiger partial charge in [0.1, 0.15) is 11.3 Å². The lowest BCUT2D eigenvalue weighted by Crippen LogP contribution is -2.17. The van der Waals surface area contributed by atoms with Gasteiger partial charge < -0.3 is 24.0 Å². The van der Waals surface area contributed by atoms with E-state index >= 15 is 0 Å². The maximum absolute atomic E-state index is 11.1. The van der Waals surface area contributed by atoms with Crippen LogP contribution >= 0.6 is 7.82 Å². The summed E-state index contributed by atoms with van der Waals surface area (Å²) >= 11 is 0. The van der Waals surface area contributed by atoms with Crippen LogP contribution in [0.1, 0.15) is 6.42 Å². The smallest absolute Gasteiger partial charge is 0.469 e. The van der Waals surface area contributed by atoms with Gasteiger partial charge in [-0.1, -0.05) is 0 Å². The molecule has 0 spiro atoms. The molecule has 9 heteroatoms. The van der Waals surface area contributed by atoms with Crippen molar-refractivity contribution in [2.24, 2.45) is 0 Å². The van der Waals surface area contributed by atoms with Crippen molar-refractivity contribution >= 4 is 18.8 Å². The first-order valence-electron chi connectivity index (χ1n) is 6.38. The second kappa shape index (κ2) is 7.04. The van der Waals surface area contributed by atoms with E-state index in [4.69, 9.17) is 18.9 Å². The molecule has 0 bridgehead atoms. The van der Waals surface area contributed by atoms with Gasteiger partial charge in [-0.2, -0.15) is 0 Å². The minimum atomic E-state index is -4.58. The third-order valence-corrected chi connectivity index (χ3v) is 3.23. The predicted octanol–water partition coefficient (Wildman–Crippen LogP) is 1.03. The van der Waals surface area contributed by atoms with Crippen LogP contribution in [0.2, 0.25) is 0 Å². The predicted molar refractivity (Wildman–Crippen MR) is 76.6 cm³/mol. The minimum Gasteiger partial charge on any atom is -0.493 e. The van der Waals surface area contributed by atoms with E-state index in [0.29, 0.717) is 11.3 Å². The fourth-order valence-corrected chi connectivity index (χ4v) is 2.08. The second-order valence-corrected chi connectivity index (χ2v) is 5.77. The van der Waals surface area contributed by atoms with E-state index in [-0.39, 0.29) is 13.0 Å². The molecule has 3 N–H and O–H groups in total. The number of ether oxygens (including phenoxy) is 1. The van der Waals surface area contributed by atoms with E-state index < -0.39 is 26.2 Å². The van der Waals surface area contributed by atoms with Gasteiger partial charge in [-0.15, -0.1) is 0 Å². The molecule has 1 aromatic carbocycles. The third-order valence-electron chi connectivity index (χ3n) is 2.75. The maximum atomic E-state index is 11.1. The van der Waals surface area contributed by atoms with Crippen molar-refractivity contribution in [3.8, 4) is 5.75 Å². The van der Waals surface area contributed by atoms with Gasteiger partial charge in [0.05, 0.1) is 19.3 Å². The molecule has 22 heavy (non-hydrogen) atoms. The molecular formula is C13H15O8P. The van der Waals surface area contributed by atoms with Crippen LogP contribution in [-0.4, -0.2) is 34.2 Å². The largest absolute Gasteiger partial charge is 0.493 e. The molecule has 0 saturated heterocycles. The summed E-state index contributed by atoms with van der Waals surface area (Å²) in [5.41, 5.74) is -0.0787.